The van der Waals surface area contributed by atoms with E-state index in [-0.39, 0.29) is 5.56 Å². The van der Waals surface area contributed by atoms with Gasteiger partial charge in [0, 0.05) is 5.39 Å². The van der Waals surface area contributed by atoms with Crippen molar-refractivity contribution < 1.29 is 0 Å². The van der Waals surface area contributed by atoms with Crippen molar-refractivity contribution in [1.82, 2.24) is 4.57 Å². The van der Waals surface area contributed by atoms with Crippen LogP contribution in [0, 0.1) is 11.5 Å². The second-order valence-electron chi connectivity index (χ2n) is 8.57. The largest absolute Gasteiger partial charge is 0.296 e. The van der Waals surface area contributed by atoms with Gasteiger partial charge in [0.25, 0.3) is 5.56 Å². The summed E-state index contributed by atoms with van der Waals surface area (Å²) in [5.74, 6) is 3.32. The van der Waals surface area contributed by atoms with Crippen LogP contribution in [0.1, 0.15) is 11.3 Å². The summed E-state index contributed by atoms with van der Waals surface area (Å²) in [5.41, 5.74) is 7.66. The molecular formula is C27H25NOSi. The van der Waals surface area contributed by atoms with Crippen molar-refractivity contribution >= 4 is 18.8 Å². The molecule has 1 heterocycles. The topological polar surface area (TPSA) is 22.0 Å². The zero-order valence-electron chi connectivity index (χ0n) is 17.6. The van der Waals surface area contributed by atoms with Gasteiger partial charge in [-0.2, -0.15) is 0 Å². The molecule has 0 N–H and O–H groups in total. The number of fused-ring (bicyclic) bond motifs is 1. The van der Waals surface area contributed by atoms with Gasteiger partial charge in [-0.05, 0) is 34.2 Å². The quantitative estimate of drug-likeness (QED) is 0.304. The second-order valence-corrected chi connectivity index (χ2v) is 13.3. The lowest BCUT2D eigenvalue weighted by Gasteiger charge is -2.13. The van der Waals surface area contributed by atoms with E-state index in [1.165, 1.54) is 11.1 Å². The van der Waals surface area contributed by atoms with Crippen molar-refractivity contribution in [3.63, 3.8) is 0 Å². The molecule has 0 bridgehead atoms. The summed E-state index contributed by atoms with van der Waals surface area (Å²) in [6.45, 7) is 7.15. The zero-order valence-corrected chi connectivity index (χ0v) is 18.6. The second kappa shape index (κ2) is 8.18. The van der Waals surface area contributed by atoms with Crippen LogP contribution in [-0.2, 0) is 6.54 Å². The molecular weight excluding hydrogens is 382 g/mol. The highest BCUT2D eigenvalue weighted by Gasteiger charge is 2.11. The highest BCUT2D eigenvalue weighted by atomic mass is 28.3. The van der Waals surface area contributed by atoms with Crippen LogP contribution in [0.4, 0.5) is 0 Å². The molecule has 0 amide bonds. The highest BCUT2D eigenvalue weighted by molar-refractivity contribution is 6.83. The molecule has 1 aromatic heterocycles. The fourth-order valence-corrected chi connectivity index (χ4v) is 3.93. The fourth-order valence-electron chi connectivity index (χ4n) is 3.43. The normalized spacial score (nSPS) is 11.2. The first-order chi connectivity index (χ1) is 14.4. The van der Waals surface area contributed by atoms with Gasteiger partial charge in [-0.15, -0.1) is 5.54 Å². The number of hydrogen-bond donors (Lipinski definition) is 0. The van der Waals surface area contributed by atoms with Crippen LogP contribution < -0.4 is 5.56 Å². The average Bonchev–Trinajstić information content (AvgIpc) is 2.75. The Kier molecular flexibility index (Phi) is 5.44. The van der Waals surface area contributed by atoms with Crippen LogP contribution in [0.15, 0.2) is 89.7 Å². The minimum atomic E-state index is -1.56. The van der Waals surface area contributed by atoms with Crippen LogP contribution in [-0.4, -0.2) is 12.6 Å². The van der Waals surface area contributed by atoms with E-state index < -0.39 is 8.07 Å². The average molecular weight is 408 g/mol. The molecule has 4 aromatic rings. The molecule has 0 atom stereocenters. The van der Waals surface area contributed by atoms with Crippen molar-refractivity contribution in [1.29, 1.82) is 0 Å². The summed E-state index contributed by atoms with van der Waals surface area (Å²) in [7, 11) is -1.56. The molecule has 30 heavy (non-hydrogen) atoms. The number of benzene rings is 3. The number of hydrogen-bond acceptors (Lipinski definition) is 1. The Balaban J connectivity index is 1.76. The van der Waals surface area contributed by atoms with E-state index in [0.29, 0.717) is 6.54 Å². The van der Waals surface area contributed by atoms with Gasteiger partial charge in [0.15, 0.2) is 0 Å². The van der Waals surface area contributed by atoms with Crippen LogP contribution in [0.2, 0.25) is 19.6 Å². The molecule has 3 heteroatoms. The lowest BCUT2D eigenvalue weighted by atomic mass is 10.0. The molecule has 2 nitrogen and oxygen atoms in total. The minimum absolute atomic E-state index is 0.0140. The molecule has 4 rings (SSSR count). The minimum Gasteiger partial charge on any atom is -0.296 e. The molecule has 0 aliphatic carbocycles. The van der Waals surface area contributed by atoms with Crippen LogP contribution in [0.5, 0.6) is 0 Å². The molecule has 0 spiro atoms. The van der Waals surface area contributed by atoms with E-state index in [2.05, 4.69) is 67.5 Å². The summed E-state index contributed by atoms with van der Waals surface area (Å²) in [5, 5.41) is 1.68. The molecule has 0 saturated heterocycles. The van der Waals surface area contributed by atoms with Gasteiger partial charge in [-0.1, -0.05) is 98.4 Å². The van der Waals surface area contributed by atoms with Gasteiger partial charge in [0.05, 0.1) is 12.2 Å². The maximum Gasteiger partial charge on any atom is 0.259 e. The maximum atomic E-state index is 13.3. The fraction of sp³-hybridized carbons (Fsp3) is 0.148. The van der Waals surface area contributed by atoms with Crippen molar-refractivity contribution in [2.75, 3.05) is 0 Å². The third-order valence-electron chi connectivity index (χ3n) is 4.99. The lowest BCUT2D eigenvalue weighted by Crippen LogP contribution is -2.24. The van der Waals surface area contributed by atoms with Gasteiger partial charge in [0.2, 0.25) is 0 Å². The summed E-state index contributed by atoms with van der Waals surface area (Å²) >= 11 is 0. The van der Waals surface area contributed by atoms with E-state index in [1.54, 1.807) is 0 Å². The van der Waals surface area contributed by atoms with Crippen molar-refractivity contribution in [2.24, 2.45) is 0 Å². The van der Waals surface area contributed by atoms with Crippen molar-refractivity contribution in [3.05, 3.63) is 107 Å². The first kappa shape index (κ1) is 19.9. The molecule has 0 aliphatic rings. The molecule has 0 fully saturated rings. The van der Waals surface area contributed by atoms with E-state index in [9.17, 15) is 4.79 Å². The number of nitrogens with zero attached hydrogens (tertiary/aromatic N) is 1. The molecule has 0 radical (unpaired) electrons. The Labute approximate surface area is 178 Å². The van der Waals surface area contributed by atoms with E-state index in [0.717, 1.165) is 22.0 Å². The van der Waals surface area contributed by atoms with Crippen molar-refractivity contribution in [3.8, 4) is 22.6 Å². The summed E-state index contributed by atoms with van der Waals surface area (Å²) in [6, 6.07) is 28.5. The smallest absolute Gasteiger partial charge is 0.259 e. The van der Waals surface area contributed by atoms with E-state index >= 15 is 0 Å². The van der Waals surface area contributed by atoms with Crippen LogP contribution >= 0.6 is 0 Å². The van der Waals surface area contributed by atoms with Gasteiger partial charge in [0.1, 0.15) is 8.07 Å². The lowest BCUT2D eigenvalue weighted by molar-refractivity contribution is 0.757. The van der Waals surface area contributed by atoms with E-state index in [1.807, 2.05) is 53.1 Å². The van der Waals surface area contributed by atoms with Crippen molar-refractivity contribution in [2.45, 2.75) is 26.2 Å². The highest BCUT2D eigenvalue weighted by Crippen LogP contribution is 2.20. The van der Waals surface area contributed by atoms with Gasteiger partial charge >= 0.3 is 0 Å². The molecule has 0 aliphatic heterocycles. The first-order valence-corrected chi connectivity index (χ1v) is 13.7. The molecule has 3 aromatic carbocycles. The van der Waals surface area contributed by atoms with Crippen LogP contribution in [0.25, 0.3) is 21.9 Å². The molecule has 0 saturated carbocycles. The zero-order chi connectivity index (χ0) is 21.1. The number of pyridine rings is 1. The number of aromatic nitrogens is 1. The maximum absolute atomic E-state index is 13.3. The Morgan fingerprint density at radius 1 is 0.800 bits per heavy atom. The predicted molar refractivity (Wildman–Crippen MR) is 129 cm³/mol. The Bertz CT molecular complexity index is 1300. The van der Waals surface area contributed by atoms with Gasteiger partial charge < -0.3 is 0 Å². The third-order valence-corrected chi connectivity index (χ3v) is 5.86. The predicted octanol–water partition coefficient (Wildman–Crippen LogP) is 5.95. The van der Waals surface area contributed by atoms with Gasteiger partial charge in [-0.25, -0.2) is 0 Å². The SMILES string of the molecule is C[Si](C)(C)C#Cc1cc2ccccc2c(=O)n1Cc1ccc(-c2ccccc2)cc1. The Morgan fingerprint density at radius 3 is 2.13 bits per heavy atom. The standard InChI is InChI=1S/C27H25NOSi/c1-30(2,3)18-17-25-19-24-11-7-8-12-26(24)27(29)28(25)20-21-13-15-23(16-14-21)22-9-5-4-6-10-22/h4-16,19H,20H2,1-3H3. The third kappa shape index (κ3) is 4.45. The summed E-state index contributed by atoms with van der Waals surface area (Å²) in [4.78, 5) is 13.3. The summed E-state index contributed by atoms with van der Waals surface area (Å²) in [6.07, 6.45) is 0. The van der Waals surface area contributed by atoms with Gasteiger partial charge in [-0.3, -0.25) is 9.36 Å². The van der Waals surface area contributed by atoms with E-state index in [4.69, 9.17) is 0 Å². The Morgan fingerprint density at radius 2 is 1.43 bits per heavy atom. The first-order valence-electron chi connectivity index (χ1n) is 10.2. The monoisotopic (exact) mass is 407 g/mol. The number of rotatable bonds is 3. The molecule has 0 unspecified atom stereocenters. The Hall–Kier alpha value is -3.35. The molecule has 148 valence electrons. The van der Waals surface area contributed by atoms with Crippen LogP contribution in [0.3, 0.4) is 0 Å². The summed E-state index contributed by atoms with van der Waals surface area (Å²) < 4.78 is 1.81.